The monoisotopic (exact) mass is 778 g/mol. The van der Waals surface area contributed by atoms with E-state index < -0.39 is 0 Å². The maximum Gasteiger partial charge on any atom is 0.0537 e. The van der Waals surface area contributed by atoms with Gasteiger partial charge in [-0.1, -0.05) is 120 Å². The van der Waals surface area contributed by atoms with Gasteiger partial charge in [0.2, 0.25) is 0 Å². The van der Waals surface area contributed by atoms with Crippen molar-refractivity contribution in [3.05, 3.63) is 209 Å². The highest BCUT2D eigenvalue weighted by molar-refractivity contribution is 7.26. The van der Waals surface area contributed by atoms with Gasteiger partial charge in [-0.05, 0) is 103 Å². The Morgan fingerprint density at radius 3 is 1.62 bits per heavy atom. The molecule has 276 valence electrons. The molecule has 0 aliphatic heterocycles. The lowest BCUT2D eigenvalue weighted by molar-refractivity contribution is 0.655. The molecule has 9 aromatic rings. The van der Waals surface area contributed by atoms with Gasteiger partial charge in [0.05, 0.1) is 5.69 Å². The summed E-state index contributed by atoms with van der Waals surface area (Å²) in [6.45, 7) is 4.33. The molecule has 2 atom stereocenters. The minimum atomic E-state index is 0.186. The first kappa shape index (κ1) is 33.7. The Morgan fingerprint density at radius 1 is 0.448 bits per heavy atom. The third-order valence-corrected chi connectivity index (χ3v) is 14.6. The van der Waals surface area contributed by atoms with E-state index in [2.05, 4.69) is 206 Å². The van der Waals surface area contributed by atoms with Gasteiger partial charge in [-0.25, -0.2) is 0 Å². The number of aryl methyl sites for hydroxylation is 2. The summed E-state index contributed by atoms with van der Waals surface area (Å²) >= 11 is 3.75. The van der Waals surface area contributed by atoms with Crippen molar-refractivity contribution >= 4 is 104 Å². The normalized spacial score (nSPS) is 16.5. The topological polar surface area (TPSA) is 6.48 Å². The smallest absolute Gasteiger partial charge is 0.0537 e. The lowest BCUT2D eigenvalue weighted by atomic mass is 9.68. The zero-order valence-electron chi connectivity index (χ0n) is 32.2. The van der Waals surface area contributed by atoms with E-state index in [0.717, 1.165) is 5.69 Å². The maximum atomic E-state index is 2.49. The fourth-order valence-electron chi connectivity index (χ4n) is 9.53. The second kappa shape index (κ2) is 13.0. The number of nitrogens with zero attached hydrogens (tertiary/aromatic N) is 2. The van der Waals surface area contributed by atoms with Gasteiger partial charge in [0.25, 0.3) is 0 Å². The van der Waals surface area contributed by atoms with Gasteiger partial charge < -0.3 is 9.80 Å². The second-order valence-corrected chi connectivity index (χ2v) is 18.0. The van der Waals surface area contributed by atoms with Crippen molar-refractivity contribution in [3.63, 3.8) is 0 Å². The molecule has 2 nitrogen and oxygen atoms in total. The number of rotatable bonds is 6. The molecule has 0 spiro atoms. The number of fused-ring (bicyclic) bond motifs is 6. The number of hydrogen-bond acceptors (Lipinski definition) is 4. The average molecular weight is 779 g/mol. The molecule has 58 heavy (non-hydrogen) atoms. The summed E-state index contributed by atoms with van der Waals surface area (Å²) in [6, 6.07) is 54.3. The van der Waals surface area contributed by atoms with Crippen LogP contribution in [0.5, 0.6) is 0 Å². The Labute approximate surface area is 346 Å². The van der Waals surface area contributed by atoms with Crippen LogP contribution in [0.3, 0.4) is 0 Å². The van der Waals surface area contributed by atoms with Crippen LogP contribution in [-0.2, 0) is 0 Å². The van der Waals surface area contributed by atoms with E-state index in [1.54, 1.807) is 0 Å². The molecule has 7 aromatic carbocycles. The maximum absolute atomic E-state index is 2.49. The van der Waals surface area contributed by atoms with Gasteiger partial charge >= 0.3 is 0 Å². The molecule has 2 heterocycles. The van der Waals surface area contributed by atoms with E-state index in [0.29, 0.717) is 0 Å². The number of benzene rings is 7. The highest BCUT2D eigenvalue weighted by Gasteiger charge is 2.38. The van der Waals surface area contributed by atoms with Gasteiger partial charge in [0.1, 0.15) is 0 Å². The number of hydrogen-bond donors (Lipinski definition) is 0. The summed E-state index contributed by atoms with van der Waals surface area (Å²) in [6.07, 6.45) is 14.4. The molecule has 0 N–H and O–H groups in total. The van der Waals surface area contributed by atoms with Crippen molar-refractivity contribution < 1.29 is 0 Å². The molecular formula is C54H38N2S2. The molecular weight excluding hydrogens is 741 g/mol. The van der Waals surface area contributed by atoms with Crippen LogP contribution in [-0.4, -0.2) is 0 Å². The molecule has 0 saturated carbocycles. The third kappa shape index (κ3) is 5.22. The lowest BCUT2D eigenvalue weighted by Gasteiger charge is -2.41. The Kier molecular flexibility index (Phi) is 7.57. The van der Waals surface area contributed by atoms with Crippen molar-refractivity contribution in [2.75, 3.05) is 9.80 Å². The minimum Gasteiger partial charge on any atom is -0.310 e. The molecule has 3 aliphatic carbocycles. The van der Waals surface area contributed by atoms with Gasteiger partial charge in [-0.2, -0.15) is 0 Å². The highest BCUT2D eigenvalue weighted by atomic mass is 32.1. The first-order chi connectivity index (χ1) is 28.6. The predicted molar refractivity (Wildman–Crippen MR) is 252 cm³/mol. The van der Waals surface area contributed by atoms with Crippen molar-refractivity contribution in [1.82, 2.24) is 0 Å². The second-order valence-electron chi connectivity index (χ2n) is 15.8. The number of anilines is 5. The predicted octanol–water partition coefficient (Wildman–Crippen LogP) is 15.9. The van der Waals surface area contributed by atoms with Gasteiger partial charge in [0.15, 0.2) is 0 Å². The summed E-state index contributed by atoms with van der Waals surface area (Å²) in [4.78, 5) is 4.96. The van der Waals surface area contributed by atoms with Crippen LogP contribution in [0.2, 0.25) is 0 Å². The van der Waals surface area contributed by atoms with Crippen LogP contribution in [0, 0.1) is 19.8 Å². The quantitative estimate of drug-likeness (QED) is 0.166. The molecule has 3 aliphatic rings. The molecule has 12 rings (SSSR count). The fourth-order valence-corrected chi connectivity index (χ4v) is 11.8. The Bertz CT molecular complexity index is 3260. The highest BCUT2D eigenvalue weighted by Crippen LogP contribution is 2.54. The molecule has 4 heteroatoms. The average Bonchev–Trinajstić information content (AvgIpc) is 3.83. The van der Waals surface area contributed by atoms with E-state index in [-0.39, 0.29) is 11.8 Å². The molecule has 0 saturated heterocycles. The zero-order chi connectivity index (χ0) is 38.5. The molecule has 2 unspecified atom stereocenters. The summed E-state index contributed by atoms with van der Waals surface area (Å²) in [5.74, 6) is 0.448. The minimum absolute atomic E-state index is 0.186. The van der Waals surface area contributed by atoms with E-state index in [1.807, 2.05) is 22.7 Å². The van der Waals surface area contributed by atoms with Gasteiger partial charge in [0, 0.05) is 86.2 Å². The first-order valence-corrected chi connectivity index (χ1v) is 21.7. The van der Waals surface area contributed by atoms with Crippen LogP contribution in [0.1, 0.15) is 33.7 Å². The van der Waals surface area contributed by atoms with Crippen LogP contribution >= 0.6 is 22.7 Å². The van der Waals surface area contributed by atoms with Crippen LogP contribution in [0.4, 0.5) is 28.4 Å². The molecule has 0 amide bonds. The van der Waals surface area contributed by atoms with Crippen LogP contribution in [0.25, 0.3) is 52.5 Å². The van der Waals surface area contributed by atoms with E-state index in [4.69, 9.17) is 0 Å². The van der Waals surface area contributed by atoms with Crippen LogP contribution in [0.15, 0.2) is 181 Å². The van der Waals surface area contributed by atoms with E-state index in [1.165, 1.54) is 102 Å². The van der Waals surface area contributed by atoms with E-state index in [9.17, 15) is 0 Å². The summed E-state index contributed by atoms with van der Waals surface area (Å²) in [5, 5.41) is 5.28. The summed E-state index contributed by atoms with van der Waals surface area (Å²) in [7, 11) is 0. The van der Waals surface area contributed by atoms with Crippen molar-refractivity contribution in [2.24, 2.45) is 5.92 Å². The molecule has 2 aromatic heterocycles. The Morgan fingerprint density at radius 2 is 0.983 bits per heavy atom. The standard InChI is InChI=1S/C54H38N2S2/c1-33-11-19-37(20-12-33)55(39-23-27-43-41-7-3-5-9-49(41)57-51(43)31-39)47-29-17-35-16-26-46-48(30-18-36-15-25-45(47)53(35)54(36)46)56(38-21-13-34(2)14-22-38)40-24-28-44-42-8-4-6-10-50(42)58-52(44)32-40/h3-32,35,53H,1-2H3. The van der Waals surface area contributed by atoms with Gasteiger partial charge in [-0.3, -0.25) is 0 Å². The Balaban J connectivity index is 1.04. The first-order valence-electron chi connectivity index (χ1n) is 20.1. The lowest BCUT2D eigenvalue weighted by Crippen LogP contribution is -2.28. The van der Waals surface area contributed by atoms with Crippen LogP contribution < -0.4 is 9.80 Å². The number of allylic oxidation sites excluding steroid dienone is 5. The largest absolute Gasteiger partial charge is 0.310 e. The fraction of sp³-hybridized carbons (Fsp3) is 0.0741. The van der Waals surface area contributed by atoms with Crippen molar-refractivity contribution in [2.45, 2.75) is 19.8 Å². The van der Waals surface area contributed by atoms with E-state index >= 15 is 0 Å². The summed E-state index contributed by atoms with van der Waals surface area (Å²) in [5.41, 5.74) is 15.0. The summed E-state index contributed by atoms with van der Waals surface area (Å²) < 4.78 is 5.26. The van der Waals surface area contributed by atoms with Crippen molar-refractivity contribution in [3.8, 4) is 0 Å². The van der Waals surface area contributed by atoms with Crippen molar-refractivity contribution in [1.29, 1.82) is 0 Å². The SMILES string of the molecule is Cc1ccc(N(C2=C3C=Cc4ccc(N(c5ccc(C)cc5)c5ccc6c(c5)sc5ccccc56)c5c4C3C(C=C2)C=C5)c2ccc3c(c2)sc2ccccc23)cc1. The number of thiophene rings is 2. The van der Waals surface area contributed by atoms with Gasteiger partial charge in [-0.15, -0.1) is 22.7 Å². The molecule has 0 radical (unpaired) electrons. The molecule has 0 fully saturated rings. The zero-order valence-corrected chi connectivity index (χ0v) is 33.8. The Hall–Kier alpha value is -6.46. The third-order valence-electron chi connectivity index (χ3n) is 12.3. The molecule has 0 bridgehead atoms.